The van der Waals surface area contributed by atoms with Crippen molar-refractivity contribution in [3.63, 3.8) is 0 Å². The van der Waals surface area contributed by atoms with Gasteiger partial charge >= 0.3 is 5.97 Å². The average molecular weight is 368 g/mol. The number of sulfonamides is 1. The Hall–Kier alpha value is -2.39. The first-order valence-electron chi connectivity index (χ1n) is 6.84. The van der Waals surface area contributed by atoms with E-state index in [0.717, 1.165) is 23.2 Å². The molecule has 2 aromatic rings. The van der Waals surface area contributed by atoms with E-state index in [1.165, 1.54) is 6.07 Å². The summed E-state index contributed by atoms with van der Waals surface area (Å²) in [5.74, 6) is -1.25. The molecule has 0 aliphatic heterocycles. The van der Waals surface area contributed by atoms with E-state index in [-0.39, 0.29) is 10.6 Å². The number of hydrogen-bond acceptors (Lipinski definition) is 6. The number of ether oxygens (including phenoxy) is 1. The molecule has 0 fully saturated rings. The highest BCUT2D eigenvalue weighted by atomic mass is 32.2. The highest BCUT2D eigenvalue weighted by Crippen LogP contribution is 2.24. The number of amides is 1. The van der Waals surface area contributed by atoms with Crippen LogP contribution in [0, 0.1) is 6.92 Å². The quantitative estimate of drug-likeness (QED) is 0.761. The summed E-state index contributed by atoms with van der Waals surface area (Å²) >= 11 is 1.02. The van der Waals surface area contributed by atoms with Crippen LogP contribution in [-0.2, 0) is 19.6 Å². The average Bonchev–Trinajstić information content (AvgIpc) is 2.93. The Labute approximate surface area is 143 Å². The summed E-state index contributed by atoms with van der Waals surface area (Å²) in [5, 5.41) is 4.19. The predicted octanol–water partition coefficient (Wildman–Crippen LogP) is 2.22. The number of aryl methyl sites for hydroxylation is 1. The van der Waals surface area contributed by atoms with Gasteiger partial charge in [0.25, 0.3) is 5.91 Å². The molecule has 0 atom stereocenters. The fourth-order valence-corrected chi connectivity index (χ4v) is 3.22. The molecule has 0 bridgehead atoms. The normalized spacial score (nSPS) is 10.9. The van der Waals surface area contributed by atoms with Gasteiger partial charge in [0.2, 0.25) is 10.0 Å². The molecule has 1 aromatic heterocycles. The number of benzene rings is 1. The minimum Gasteiger partial charge on any atom is -0.451 e. The molecule has 1 heterocycles. The Morgan fingerprint density at radius 1 is 1.17 bits per heavy atom. The third-order valence-electron chi connectivity index (χ3n) is 2.90. The largest absolute Gasteiger partial charge is 0.451 e. The van der Waals surface area contributed by atoms with Crippen LogP contribution in [0.15, 0.2) is 35.7 Å². The molecule has 0 aliphatic rings. The van der Waals surface area contributed by atoms with Crippen molar-refractivity contribution in [2.24, 2.45) is 0 Å². The van der Waals surface area contributed by atoms with Crippen molar-refractivity contribution in [3.05, 3.63) is 46.2 Å². The van der Waals surface area contributed by atoms with Crippen LogP contribution in [0.25, 0.3) is 0 Å². The van der Waals surface area contributed by atoms with Crippen LogP contribution in [0.2, 0.25) is 0 Å². The molecule has 1 amide bonds. The number of rotatable bonds is 6. The third kappa shape index (κ3) is 5.07. The van der Waals surface area contributed by atoms with Crippen LogP contribution in [-0.4, -0.2) is 33.2 Å². The zero-order valence-electron chi connectivity index (χ0n) is 13.0. The van der Waals surface area contributed by atoms with Gasteiger partial charge in [0, 0.05) is 5.69 Å². The van der Waals surface area contributed by atoms with Gasteiger partial charge in [-0.05, 0) is 30.0 Å². The highest BCUT2D eigenvalue weighted by Gasteiger charge is 2.18. The monoisotopic (exact) mass is 368 g/mol. The maximum atomic E-state index is 12.0. The summed E-state index contributed by atoms with van der Waals surface area (Å²) in [6, 6.07) is 8.66. The van der Waals surface area contributed by atoms with Gasteiger partial charge in [0.1, 0.15) is 4.88 Å². The van der Waals surface area contributed by atoms with Gasteiger partial charge in [-0.25, -0.2) is 13.2 Å². The van der Waals surface area contributed by atoms with Gasteiger partial charge in [0.05, 0.1) is 11.9 Å². The number of carbonyl (C=O) groups excluding carboxylic acids is 2. The van der Waals surface area contributed by atoms with Crippen LogP contribution in [0.5, 0.6) is 0 Å². The molecule has 9 heteroatoms. The Kier molecular flexibility index (Phi) is 5.58. The van der Waals surface area contributed by atoms with Crippen LogP contribution < -0.4 is 10.0 Å². The molecular formula is C15H16N2O5S2. The number of thiophene rings is 1. The van der Waals surface area contributed by atoms with Crippen molar-refractivity contribution in [1.82, 2.24) is 0 Å². The molecular weight excluding hydrogens is 352 g/mol. The lowest BCUT2D eigenvalue weighted by Gasteiger charge is -2.09. The molecule has 0 unspecified atom stereocenters. The van der Waals surface area contributed by atoms with E-state index in [0.29, 0.717) is 5.69 Å². The van der Waals surface area contributed by atoms with Gasteiger partial charge in [-0.2, -0.15) is 0 Å². The fraction of sp³-hybridized carbons (Fsp3) is 0.200. The molecule has 7 nitrogen and oxygen atoms in total. The summed E-state index contributed by atoms with van der Waals surface area (Å²) in [4.78, 5) is 24.0. The topological polar surface area (TPSA) is 102 Å². The lowest BCUT2D eigenvalue weighted by molar-refractivity contribution is -0.119. The maximum Gasteiger partial charge on any atom is 0.350 e. The van der Waals surface area contributed by atoms with Crippen molar-refractivity contribution in [2.75, 3.05) is 22.9 Å². The first-order chi connectivity index (χ1) is 11.3. The zero-order valence-corrected chi connectivity index (χ0v) is 14.7. The van der Waals surface area contributed by atoms with Gasteiger partial charge in [-0.15, -0.1) is 11.3 Å². The van der Waals surface area contributed by atoms with Crippen LogP contribution >= 0.6 is 11.3 Å². The second kappa shape index (κ2) is 7.45. The molecule has 1 aromatic carbocycles. The lowest BCUT2D eigenvalue weighted by Crippen LogP contribution is -2.21. The van der Waals surface area contributed by atoms with Gasteiger partial charge in [0.15, 0.2) is 6.61 Å². The highest BCUT2D eigenvalue weighted by molar-refractivity contribution is 7.92. The second-order valence-corrected chi connectivity index (χ2v) is 7.64. The van der Waals surface area contributed by atoms with Crippen LogP contribution in [0.4, 0.5) is 11.4 Å². The second-order valence-electron chi connectivity index (χ2n) is 4.98. The number of esters is 1. The SMILES string of the molecule is Cc1ccccc1NC(=O)COC(=O)c1sccc1NS(C)(=O)=O. The molecule has 0 saturated heterocycles. The van der Waals surface area contributed by atoms with Gasteiger partial charge in [-0.3, -0.25) is 9.52 Å². The molecule has 2 rings (SSSR count). The van der Waals surface area contributed by atoms with E-state index < -0.39 is 28.5 Å². The molecule has 0 spiro atoms. The first-order valence-corrected chi connectivity index (χ1v) is 9.61. The molecule has 0 saturated carbocycles. The maximum absolute atomic E-state index is 12.0. The number of hydrogen-bond donors (Lipinski definition) is 2. The molecule has 0 radical (unpaired) electrons. The van der Waals surface area contributed by atoms with E-state index in [4.69, 9.17) is 4.74 Å². The molecule has 0 aliphatic carbocycles. The number of nitrogens with one attached hydrogen (secondary N) is 2. The van der Waals surface area contributed by atoms with E-state index in [1.54, 1.807) is 17.5 Å². The number of anilines is 2. The van der Waals surface area contributed by atoms with Crippen LogP contribution in [0.3, 0.4) is 0 Å². The Bertz CT molecular complexity index is 858. The van der Waals surface area contributed by atoms with Gasteiger partial charge < -0.3 is 10.1 Å². The number of carbonyl (C=O) groups is 2. The van der Waals surface area contributed by atoms with Crippen molar-refractivity contribution in [2.45, 2.75) is 6.92 Å². The van der Waals surface area contributed by atoms with Crippen molar-refractivity contribution in [3.8, 4) is 0 Å². The predicted molar refractivity (Wildman–Crippen MR) is 92.9 cm³/mol. The van der Waals surface area contributed by atoms with E-state index in [2.05, 4.69) is 10.0 Å². The lowest BCUT2D eigenvalue weighted by atomic mass is 10.2. The van der Waals surface area contributed by atoms with E-state index in [9.17, 15) is 18.0 Å². The summed E-state index contributed by atoms with van der Waals surface area (Å²) in [6.07, 6.45) is 0.982. The smallest absolute Gasteiger partial charge is 0.350 e. The molecule has 2 N–H and O–H groups in total. The molecule has 24 heavy (non-hydrogen) atoms. The summed E-state index contributed by atoms with van der Waals surface area (Å²) in [5.41, 5.74) is 1.65. The van der Waals surface area contributed by atoms with E-state index >= 15 is 0 Å². The van der Waals surface area contributed by atoms with Crippen molar-refractivity contribution in [1.29, 1.82) is 0 Å². The molecule has 128 valence electrons. The Morgan fingerprint density at radius 2 is 1.88 bits per heavy atom. The van der Waals surface area contributed by atoms with E-state index in [1.807, 2.05) is 19.1 Å². The first kappa shape index (κ1) is 18.0. The van der Waals surface area contributed by atoms with Crippen molar-refractivity contribution < 1.29 is 22.7 Å². The minimum atomic E-state index is -3.51. The Balaban J connectivity index is 1.95. The Morgan fingerprint density at radius 3 is 2.54 bits per heavy atom. The minimum absolute atomic E-state index is 0.0871. The summed E-state index contributed by atoms with van der Waals surface area (Å²) < 4.78 is 29.7. The third-order valence-corrected chi connectivity index (χ3v) is 4.38. The standard InChI is InChI=1S/C15H16N2O5S2/c1-10-5-3-4-6-11(10)16-13(18)9-22-15(19)14-12(7-8-23-14)17-24(2,20)21/h3-8,17H,9H2,1-2H3,(H,16,18). The zero-order chi connectivity index (χ0) is 17.7. The fourth-order valence-electron chi connectivity index (χ4n) is 1.84. The van der Waals surface area contributed by atoms with Gasteiger partial charge in [-0.1, -0.05) is 18.2 Å². The summed E-state index contributed by atoms with van der Waals surface area (Å²) in [6.45, 7) is 1.37. The van der Waals surface area contributed by atoms with Crippen LogP contribution in [0.1, 0.15) is 15.2 Å². The number of para-hydroxylation sites is 1. The summed E-state index contributed by atoms with van der Waals surface area (Å²) in [7, 11) is -3.51. The van der Waals surface area contributed by atoms with Crippen molar-refractivity contribution >= 4 is 44.6 Å².